The molecule has 25 heavy (non-hydrogen) atoms. The van der Waals surface area contributed by atoms with Crippen molar-refractivity contribution in [1.82, 2.24) is 20.0 Å². The Morgan fingerprint density at radius 2 is 2.04 bits per heavy atom. The molecule has 7 heteroatoms. The molecule has 1 aromatic carbocycles. The minimum absolute atomic E-state index is 0.185. The molecule has 3 aromatic heterocycles. The molecule has 4 rings (SSSR count). The molecule has 0 radical (unpaired) electrons. The van der Waals surface area contributed by atoms with Gasteiger partial charge in [-0.3, -0.25) is 4.79 Å². The van der Waals surface area contributed by atoms with E-state index in [1.165, 1.54) is 11.3 Å². The molecule has 0 saturated heterocycles. The van der Waals surface area contributed by atoms with Crippen molar-refractivity contribution in [2.24, 2.45) is 0 Å². The highest BCUT2D eigenvalue weighted by Crippen LogP contribution is 2.21. The first-order valence-corrected chi connectivity index (χ1v) is 8.55. The lowest BCUT2D eigenvalue weighted by Crippen LogP contribution is -2.23. The average molecular weight is 350 g/mol. The van der Waals surface area contributed by atoms with Crippen LogP contribution in [-0.4, -0.2) is 20.6 Å². The van der Waals surface area contributed by atoms with E-state index in [2.05, 4.69) is 15.5 Å². The summed E-state index contributed by atoms with van der Waals surface area (Å²) in [5.41, 5.74) is 1.50. The van der Waals surface area contributed by atoms with Crippen molar-refractivity contribution in [2.45, 2.75) is 6.54 Å². The quantitative estimate of drug-likeness (QED) is 0.598. The van der Waals surface area contributed by atoms with Crippen molar-refractivity contribution < 1.29 is 9.32 Å². The van der Waals surface area contributed by atoms with Gasteiger partial charge in [-0.15, -0.1) is 11.3 Å². The van der Waals surface area contributed by atoms with Gasteiger partial charge in [-0.25, -0.2) is 0 Å². The zero-order chi connectivity index (χ0) is 17.1. The monoisotopic (exact) mass is 350 g/mol. The highest BCUT2D eigenvalue weighted by molar-refractivity contribution is 7.13. The van der Waals surface area contributed by atoms with Gasteiger partial charge in [0.2, 0.25) is 11.7 Å². The number of amides is 1. The van der Waals surface area contributed by atoms with Crippen LogP contribution in [0.3, 0.4) is 0 Å². The molecule has 1 N–H and O–H groups in total. The standard InChI is InChI=1S/C18H14N4O2S/c23-18(13-5-3-6-14(11-13)22-8-1-2-9-22)19-12-16-20-17(21-24-16)15-7-4-10-25-15/h1-11H,12H2,(H,19,23). The van der Waals surface area contributed by atoms with Crippen LogP contribution in [0.5, 0.6) is 0 Å². The Hall–Kier alpha value is -3.19. The number of carbonyl (C=O) groups excluding carboxylic acids is 1. The number of benzene rings is 1. The van der Waals surface area contributed by atoms with Gasteiger partial charge in [-0.05, 0) is 41.8 Å². The van der Waals surface area contributed by atoms with E-state index in [1.807, 2.05) is 64.8 Å². The van der Waals surface area contributed by atoms with Crippen LogP contribution in [0.1, 0.15) is 16.2 Å². The maximum absolute atomic E-state index is 12.4. The summed E-state index contributed by atoms with van der Waals surface area (Å²) in [6.45, 7) is 0.185. The van der Waals surface area contributed by atoms with Gasteiger partial charge in [0.15, 0.2) is 0 Å². The summed E-state index contributed by atoms with van der Waals surface area (Å²) in [5, 5.41) is 8.68. The van der Waals surface area contributed by atoms with Crippen LogP contribution in [0.25, 0.3) is 16.4 Å². The summed E-state index contributed by atoms with van der Waals surface area (Å²) in [6.07, 6.45) is 3.86. The fraction of sp³-hybridized carbons (Fsp3) is 0.0556. The number of nitrogens with one attached hydrogen (secondary N) is 1. The summed E-state index contributed by atoms with van der Waals surface area (Å²) >= 11 is 1.54. The van der Waals surface area contributed by atoms with Gasteiger partial charge in [0.05, 0.1) is 11.4 Å². The lowest BCUT2D eigenvalue weighted by Gasteiger charge is -2.06. The third-order valence-electron chi connectivity index (χ3n) is 3.62. The van der Waals surface area contributed by atoms with Crippen LogP contribution < -0.4 is 5.32 Å². The maximum atomic E-state index is 12.4. The molecule has 0 bridgehead atoms. The Kier molecular flexibility index (Phi) is 4.14. The van der Waals surface area contributed by atoms with Crippen LogP contribution >= 0.6 is 11.3 Å². The van der Waals surface area contributed by atoms with Crippen molar-refractivity contribution >= 4 is 17.2 Å². The normalized spacial score (nSPS) is 10.7. The predicted molar refractivity (Wildman–Crippen MR) is 94.6 cm³/mol. The molecule has 0 aliphatic rings. The maximum Gasteiger partial charge on any atom is 0.251 e. The van der Waals surface area contributed by atoms with E-state index in [0.717, 1.165) is 10.6 Å². The lowest BCUT2D eigenvalue weighted by atomic mass is 10.2. The van der Waals surface area contributed by atoms with Crippen LogP contribution in [-0.2, 0) is 6.54 Å². The number of nitrogens with zero attached hydrogens (tertiary/aromatic N) is 3. The lowest BCUT2D eigenvalue weighted by molar-refractivity contribution is 0.0946. The molecule has 4 aromatic rings. The molecule has 3 heterocycles. The van der Waals surface area contributed by atoms with E-state index < -0.39 is 0 Å². The first kappa shape index (κ1) is 15.3. The fourth-order valence-electron chi connectivity index (χ4n) is 2.40. The second kappa shape index (κ2) is 6.74. The molecular weight excluding hydrogens is 336 g/mol. The minimum atomic E-state index is -0.190. The van der Waals surface area contributed by atoms with E-state index in [0.29, 0.717) is 17.3 Å². The summed E-state index contributed by atoms with van der Waals surface area (Å²) in [6, 6.07) is 15.1. The SMILES string of the molecule is O=C(NCc1nc(-c2cccs2)no1)c1cccc(-n2cccc2)c1. The molecule has 0 spiro atoms. The Bertz CT molecular complexity index is 974. The Balaban J connectivity index is 1.43. The third-order valence-corrected chi connectivity index (χ3v) is 4.49. The minimum Gasteiger partial charge on any atom is -0.343 e. The van der Waals surface area contributed by atoms with E-state index >= 15 is 0 Å². The van der Waals surface area contributed by atoms with Crippen molar-refractivity contribution in [3.8, 4) is 16.4 Å². The van der Waals surface area contributed by atoms with Crippen molar-refractivity contribution in [3.05, 3.63) is 77.8 Å². The molecule has 124 valence electrons. The summed E-state index contributed by atoms with van der Waals surface area (Å²) in [4.78, 5) is 17.6. The smallest absolute Gasteiger partial charge is 0.251 e. The topological polar surface area (TPSA) is 73.0 Å². The highest BCUT2D eigenvalue weighted by Gasteiger charge is 2.12. The number of hydrogen-bond donors (Lipinski definition) is 1. The van der Waals surface area contributed by atoms with E-state index in [4.69, 9.17) is 4.52 Å². The van der Waals surface area contributed by atoms with Gasteiger partial charge in [-0.2, -0.15) is 4.98 Å². The average Bonchev–Trinajstić information content (AvgIpc) is 3.42. The second-order valence-electron chi connectivity index (χ2n) is 5.31. The number of hydrogen-bond acceptors (Lipinski definition) is 5. The molecule has 0 fully saturated rings. The zero-order valence-corrected chi connectivity index (χ0v) is 13.9. The predicted octanol–water partition coefficient (Wildman–Crippen LogP) is 3.52. The van der Waals surface area contributed by atoms with Gasteiger partial charge >= 0.3 is 0 Å². The first-order valence-electron chi connectivity index (χ1n) is 7.68. The Labute approximate surface area is 147 Å². The van der Waals surface area contributed by atoms with Gasteiger partial charge in [-0.1, -0.05) is 17.3 Å². The van der Waals surface area contributed by atoms with Crippen LogP contribution in [0.15, 0.2) is 70.8 Å². The van der Waals surface area contributed by atoms with E-state index in [-0.39, 0.29) is 12.5 Å². The third kappa shape index (κ3) is 3.36. The summed E-state index contributed by atoms with van der Waals surface area (Å²) in [7, 11) is 0. The number of carbonyl (C=O) groups is 1. The van der Waals surface area contributed by atoms with Crippen molar-refractivity contribution in [2.75, 3.05) is 0 Å². The van der Waals surface area contributed by atoms with Crippen molar-refractivity contribution in [1.29, 1.82) is 0 Å². The fourth-order valence-corrected chi connectivity index (χ4v) is 3.05. The van der Waals surface area contributed by atoms with Crippen molar-refractivity contribution in [3.63, 3.8) is 0 Å². The molecule has 0 aliphatic carbocycles. The molecule has 0 saturated carbocycles. The first-order chi connectivity index (χ1) is 12.3. The van der Waals surface area contributed by atoms with E-state index in [9.17, 15) is 4.79 Å². The van der Waals surface area contributed by atoms with Crippen LogP contribution in [0.2, 0.25) is 0 Å². The molecule has 0 aliphatic heterocycles. The largest absolute Gasteiger partial charge is 0.343 e. The number of rotatable bonds is 5. The van der Waals surface area contributed by atoms with E-state index in [1.54, 1.807) is 6.07 Å². The van der Waals surface area contributed by atoms with Crippen LogP contribution in [0.4, 0.5) is 0 Å². The van der Waals surface area contributed by atoms with Gasteiger partial charge < -0.3 is 14.4 Å². The highest BCUT2D eigenvalue weighted by atomic mass is 32.1. The molecular formula is C18H14N4O2S. The zero-order valence-electron chi connectivity index (χ0n) is 13.1. The number of thiophene rings is 1. The second-order valence-corrected chi connectivity index (χ2v) is 6.26. The van der Waals surface area contributed by atoms with Gasteiger partial charge in [0, 0.05) is 23.6 Å². The Morgan fingerprint density at radius 1 is 1.16 bits per heavy atom. The van der Waals surface area contributed by atoms with Crippen LogP contribution in [0, 0.1) is 0 Å². The Morgan fingerprint density at radius 3 is 2.84 bits per heavy atom. The molecule has 6 nitrogen and oxygen atoms in total. The van der Waals surface area contributed by atoms with Gasteiger partial charge in [0.1, 0.15) is 0 Å². The molecule has 0 atom stereocenters. The number of aromatic nitrogens is 3. The summed E-state index contributed by atoms with van der Waals surface area (Å²) in [5.74, 6) is 0.719. The summed E-state index contributed by atoms with van der Waals surface area (Å²) < 4.78 is 7.13. The molecule has 1 amide bonds. The van der Waals surface area contributed by atoms with Gasteiger partial charge in [0.25, 0.3) is 5.91 Å². The molecule has 0 unspecified atom stereocenters.